The van der Waals surface area contributed by atoms with Crippen LogP contribution in [0.3, 0.4) is 0 Å². The van der Waals surface area contributed by atoms with E-state index in [2.05, 4.69) is 5.32 Å². The quantitative estimate of drug-likeness (QED) is 0.790. The first-order chi connectivity index (χ1) is 15.4. The van der Waals surface area contributed by atoms with Crippen molar-refractivity contribution in [2.24, 2.45) is 0 Å². The lowest BCUT2D eigenvalue weighted by atomic mass is 10.1. The van der Waals surface area contributed by atoms with E-state index in [0.29, 0.717) is 44.8 Å². The van der Waals surface area contributed by atoms with Gasteiger partial charge in [-0.2, -0.15) is 10.5 Å². The molecule has 1 amide bonds. The number of halogens is 3. The summed E-state index contributed by atoms with van der Waals surface area (Å²) in [6.45, 7) is 1.87. The molecule has 0 spiro atoms. The van der Waals surface area contributed by atoms with E-state index in [9.17, 15) is 18.0 Å². The van der Waals surface area contributed by atoms with E-state index in [0.717, 1.165) is 12.1 Å². The van der Waals surface area contributed by atoms with Gasteiger partial charge in [-0.3, -0.25) is 4.79 Å². The third-order valence-corrected chi connectivity index (χ3v) is 5.21. The molecule has 166 valence electrons. The van der Waals surface area contributed by atoms with Crippen molar-refractivity contribution in [3.63, 3.8) is 0 Å². The molecule has 1 unspecified atom stereocenters. The molecule has 1 aliphatic rings. The summed E-state index contributed by atoms with van der Waals surface area (Å²) in [6, 6.07) is 9.35. The molecular formula is C23H21F3N4O2. The van der Waals surface area contributed by atoms with Crippen LogP contribution in [0.2, 0.25) is 0 Å². The van der Waals surface area contributed by atoms with Crippen LogP contribution in [0.1, 0.15) is 34.8 Å². The summed E-state index contributed by atoms with van der Waals surface area (Å²) in [4.78, 5) is 14.2. The number of nitriles is 2. The summed E-state index contributed by atoms with van der Waals surface area (Å²) in [7, 11) is 0. The minimum absolute atomic E-state index is 0.0496. The summed E-state index contributed by atoms with van der Waals surface area (Å²) in [6.07, 6.45) is -0.177. The second-order valence-corrected chi connectivity index (χ2v) is 7.36. The molecule has 32 heavy (non-hydrogen) atoms. The summed E-state index contributed by atoms with van der Waals surface area (Å²) < 4.78 is 47.4. The van der Waals surface area contributed by atoms with E-state index < -0.39 is 23.0 Å². The van der Waals surface area contributed by atoms with Gasteiger partial charge in [-0.05, 0) is 36.2 Å². The Morgan fingerprint density at radius 1 is 1.06 bits per heavy atom. The van der Waals surface area contributed by atoms with E-state index in [1.165, 1.54) is 12.1 Å². The van der Waals surface area contributed by atoms with E-state index >= 15 is 0 Å². The first-order valence-corrected chi connectivity index (χ1v) is 10.1. The highest BCUT2D eigenvalue weighted by Gasteiger charge is 2.20. The maximum absolute atomic E-state index is 14.1. The van der Waals surface area contributed by atoms with Crippen molar-refractivity contribution in [1.82, 2.24) is 10.2 Å². The Morgan fingerprint density at radius 3 is 2.56 bits per heavy atom. The van der Waals surface area contributed by atoms with Crippen LogP contribution in [0.5, 0.6) is 0 Å². The highest BCUT2D eigenvalue weighted by atomic mass is 19.1. The van der Waals surface area contributed by atoms with Crippen molar-refractivity contribution in [2.75, 3.05) is 32.8 Å². The SMILES string of the molecule is N#Cc1cc(C2CNCCN(C(=O)Cc3cc(F)c(C#N)cc3F)CCCO2)ccc1F. The number of ether oxygens (including phenoxy) is 1. The van der Waals surface area contributed by atoms with E-state index in [-0.39, 0.29) is 29.6 Å². The zero-order valence-corrected chi connectivity index (χ0v) is 17.2. The largest absolute Gasteiger partial charge is 0.372 e. The molecule has 0 radical (unpaired) electrons. The van der Waals surface area contributed by atoms with Crippen LogP contribution in [0.4, 0.5) is 13.2 Å². The number of hydrogen-bond donors (Lipinski definition) is 1. The fourth-order valence-electron chi connectivity index (χ4n) is 3.48. The summed E-state index contributed by atoms with van der Waals surface area (Å²) in [5.41, 5.74) is 0.128. The molecule has 1 atom stereocenters. The number of benzene rings is 2. The monoisotopic (exact) mass is 442 g/mol. The lowest BCUT2D eigenvalue weighted by Gasteiger charge is -2.27. The van der Waals surface area contributed by atoms with Gasteiger partial charge in [0.15, 0.2) is 0 Å². The third kappa shape index (κ3) is 5.64. The Kier molecular flexibility index (Phi) is 7.82. The Morgan fingerprint density at radius 2 is 1.81 bits per heavy atom. The second kappa shape index (κ2) is 10.8. The van der Waals surface area contributed by atoms with Gasteiger partial charge < -0.3 is 15.0 Å². The maximum Gasteiger partial charge on any atom is 0.227 e. The molecule has 2 aromatic carbocycles. The average Bonchev–Trinajstić information content (AvgIpc) is 2.79. The van der Waals surface area contributed by atoms with Crippen LogP contribution in [0.25, 0.3) is 0 Å². The van der Waals surface area contributed by atoms with E-state index in [1.54, 1.807) is 17.0 Å². The third-order valence-electron chi connectivity index (χ3n) is 5.21. The van der Waals surface area contributed by atoms with Crippen molar-refractivity contribution in [3.05, 3.63) is 70.0 Å². The molecule has 0 aliphatic carbocycles. The predicted molar refractivity (Wildman–Crippen MR) is 109 cm³/mol. The predicted octanol–water partition coefficient (Wildman–Crippen LogP) is 2.97. The van der Waals surface area contributed by atoms with Crippen LogP contribution in [-0.4, -0.2) is 43.6 Å². The zero-order chi connectivity index (χ0) is 23.1. The topological polar surface area (TPSA) is 89.2 Å². The molecule has 0 aromatic heterocycles. The summed E-state index contributed by atoms with van der Waals surface area (Å²) in [5.74, 6) is -2.60. The molecule has 0 bridgehead atoms. The van der Waals surface area contributed by atoms with Gasteiger partial charge in [0.2, 0.25) is 5.91 Å². The second-order valence-electron chi connectivity index (χ2n) is 7.36. The average molecular weight is 442 g/mol. The number of carbonyl (C=O) groups excluding carboxylic acids is 1. The summed E-state index contributed by atoms with van der Waals surface area (Å²) in [5, 5.41) is 21.0. The van der Waals surface area contributed by atoms with Crippen molar-refractivity contribution in [3.8, 4) is 12.1 Å². The van der Waals surface area contributed by atoms with Crippen LogP contribution >= 0.6 is 0 Å². The van der Waals surface area contributed by atoms with Crippen molar-refractivity contribution in [2.45, 2.75) is 18.9 Å². The Bertz CT molecular complexity index is 1070. The van der Waals surface area contributed by atoms with Crippen molar-refractivity contribution >= 4 is 5.91 Å². The van der Waals surface area contributed by atoms with Crippen LogP contribution in [0, 0.1) is 40.1 Å². The Labute approximate surface area is 183 Å². The lowest BCUT2D eigenvalue weighted by molar-refractivity contribution is -0.130. The fourth-order valence-corrected chi connectivity index (χ4v) is 3.48. The number of nitrogens with zero attached hydrogens (tertiary/aromatic N) is 3. The minimum Gasteiger partial charge on any atom is -0.372 e. The summed E-state index contributed by atoms with van der Waals surface area (Å²) >= 11 is 0. The molecule has 1 heterocycles. The molecule has 0 saturated carbocycles. The van der Waals surface area contributed by atoms with Crippen LogP contribution in [0.15, 0.2) is 30.3 Å². The first-order valence-electron chi connectivity index (χ1n) is 10.1. The van der Waals surface area contributed by atoms with Crippen LogP contribution in [-0.2, 0) is 16.0 Å². The molecular weight excluding hydrogens is 421 g/mol. The zero-order valence-electron chi connectivity index (χ0n) is 17.2. The van der Waals surface area contributed by atoms with Crippen molar-refractivity contribution in [1.29, 1.82) is 10.5 Å². The molecule has 1 N–H and O–H groups in total. The molecule has 6 nitrogen and oxygen atoms in total. The maximum atomic E-state index is 14.1. The molecule has 3 rings (SSSR count). The number of carbonyl (C=O) groups is 1. The number of nitrogens with one attached hydrogen (secondary N) is 1. The lowest BCUT2D eigenvalue weighted by Crippen LogP contribution is -2.41. The highest BCUT2D eigenvalue weighted by Crippen LogP contribution is 2.21. The molecule has 2 aromatic rings. The molecule has 1 aliphatic heterocycles. The van der Waals surface area contributed by atoms with Gasteiger partial charge in [0.25, 0.3) is 0 Å². The Balaban J connectivity index is 1.61. The fraction of sp³-hybridized carbons (Fsp3) is 0.348. The molecule has 1 fully saturated rings. The van der Waals surface area contributed by atoms with Gasteiger partial charge in [0.05, 0.1) is 23.7 Å². The minimum atomic E-state index is -0.862. The Hall–Kier alpha value is -3.40. The smallest absolute Gasteiger partial charge is 0.227 e. The van der Waals surface area contributed by atoms with Gasteiger partial charge in [0, 0.05) is 38.3 Å². The van der Waals surface area contributed by atoms with Gasteiger partial charge >= 0.3 is 0 Å². The normalized spacial score (nSPS) is 17.3. The van der Waals surface area contributed by atoms with Gasteiger partial charge in [-0.1, -0.05) is 6.07 Å². The highest BCUT2D eigenvalue weighted by molar-refractivity contribution is 5.79. The van der Waals surface area contributed by atoms with Gasteiger partial charge in [-0.25, -0.2) is 13.2 Å². The van der Waals surface area contributed by atoms with E-state index in [4.69, 9.17) is 15.3 Å². The number of rotatable bonds is 3. The van der Waals surface area contributed by atoms with Gasteiger partial charge in [0.1, 0.15) is 29.6 Å². The standard InChI is InChI=1S/C23H21F3N4O2/c24-19-3-2-15(8-17(19)12-27)22-14-29-4-6-30(5-1-7-32-22)23(31)11-16-9-21(26)18(13-28)10-20(16)25/h2-3,8-10,22,29H,1,4-7,11,14H2. The number of amides is 1. The number of hydrogen-bond acceptors (Lipinski definition) is 5. The van der Waals surface area contributed by atoms with Crippen molar-refractivity contribution < 1.29 is 22.7 Å². The first kappa shape index (κ1) is 23.3. The van der Waals surface area contributed by atoms with Gasteiger partial charge in [-0.15, -0.1) is 0 Å². The molecule has 9 heteroatoms. The molecule has 1 saturated heterocycles. The van der Waals surface area contributed by atoms with Crippen LogP contribution < -0.4 is 5.32 Å². The van der Waals surface area contributed by atoms with E-state index in [1.807, 2.05) is 6.07 Å².